The Kier molecular flexibility index (Phi) is 4.39. The van der Waals surface area contributed by atoms with Crippen molar-refractivity contribution in [3.63, 3.8) is 0 Å². The molecule has 0 spiro atoms. The Hall–Kier alpha value is -0.460. The fraction of sp³-hybridized carbons (Fsp3) is 0.941. The third-order valence-electron chi connectivity index (χ3n) is 6.80. The van der Waals surface area contributed by atoms with Crippen molar-refractivity contribution in [3.8, 4) is 0 Å². The number of nitrogens with zero attached hydrogens (tertiary/aromatic N) is 1. The lowest BCUT2D eigenvalue weighted by molar-refractivity contribution is -0.128. The highest BCUT2D eigenvalue weighted by Crippen LogP contribution is 2.64. The molecule has 23 heavy (non-hydrogen) atoms. The van der Waals surface area contributed by atoms with Gasteiger partial charge in [-0.25, -0.2) is 12.7 Å². The molecule has 3 rings (SSSR count). The maximum absolute atomic E-state index is 13.1. The summed E-state index contributed by atoms with van der Waals surface area (Å²) in [5, 5.41) is 0. The molecule has 0 amide bonds. The van der Waals surface area contributed by atoms with Crippen molar-refractivity contribution < 1.29 is 17.9 Å². The number of fused-ring (bicyclic) bond motifs is 2. The molecule has 1 aliphatic heterocycles. The summed E-state index contributed by atoms with van der Waals surface area (Å²) >= 11 is 0. The number of ether oxygens (including phenoxy) is 1. The number of Topliss-reactive ketones (excluding diaryl/α,β-unsaturated/α-hetero) is 1. The SMILES string of the molecule is CCN(CC1CCOC1)S(=O)(=O)CC12CCC(CC1=O)C2(C)C. The zero-order chi connectivity index (χ0) is 16.9. The van der Waals surface area contributed by atoms with Crippen LogP contribution in [0, 0.1) is 22.7 Å². The Labute approximate surface area is 139 Å². The lowest BCUT2D eigenvalue weighted by atomic mass is 9.70. The van der Waals surface area contributed by atoms with Gasteiger partial charge in [-0.2, -0.15) is 0 Å². The van der Waals surface area contributed by atoms with Crippen LogP contribution in [0.4, 0.5) is 0 Å². The summed E-state index contributed by atoms with van der Waals surface area (Å²) in [7, 11) is -3.43. The first-order valence-corrected chi connectivity index (χ1v) is 10.4. The maximum atomic E-state index is 13.1. The van der Waals surface area contributed by atoms with Crippen LogP contribution < -0.4 is 0 Å². The molecule has 3 fully saturated rings. The van der Waals surface area contributed by atoms with Gasteiger partial charge < -0.3 is 4.74 Å². The monoisotopic (exact) mass is 343 g/mol. The highest BCUT2D eigenvalue weighted by molar-refractivity contribution is 7.89. The molecule has 0 aromatic rings. The Morgan fingerprint density at radius 2 is 2.04 bits per heavy atom. The Bertz CT molecular complexity index is 579. The predicted octanol–water partition coefficient (Wildman–Crippen LogP) is 2.07. The van der Waals surface area contributed by atoms with E-state index in [4.69, 9.17) is 4.74 Å². The number of hydrogen-bond acceptors (Lipinski definition) is 4. The van der Waals surface area contributed by atoms with Gasteiger partial charge in [-0.3, -0.25) is 4.79 Å². The lowest BCUT2D eigenvalue weighted by Gasteiger charge is -2.37. The summed E-state index contributed by atoms with van der Waals surface area (Å²) in [4.78, 5) is 12.6. The minimum Gasteiger partial charge on any atom is -0.381 e. The van der Waals surface area contributed by atoms with E-state index < -0.39 is 15.4 Å². The van der Waals surface area contributed by atoms with E-state index in [1.807, 2.05) is 6.92 Å². The molecule has 0 aromatic heterocycles. The summed E-state index contributed by atoms with van der Waals surface area (Å²) in [6.07, 6.45) is 3.19. The van der Waals surface area contributed by atoms with E-state index in [1.165, 1.54) is 0 Å². The van der Waals surface area contributed by atoms with E-state index in [0.717, 1.165) is 25.9 Å². The van der Waals surface area contributed by atoms with Crippen molar-refractivity contribution in [1.29, 1.82) is 0 Å². The van der Waals surface area contributed by atoms with E-state index in [0.29, 0.717) is 32.0 Å². The van der Waals surface area contributed by atoms with Crippen LogP contribution in [0.25, 0.3) is 0 Å². The molecule has 0 radical (unpaired) electrons. The topological polar surface area (TPSA) is 63.7 Å². The predicted molar refractivity (Wildman–Crippen MR) is 88.5 cm³/mol. The van der Waals surface area contributed by atoms with E-state index >= 15 is 0 Å². The van der Waals surface area contributed by atoms with Crippen LogP contribution >= 0.6 is 0 Å². The minimum absolute atomic E-state index is 0.0102. The highest BCUT2D eigenvalue weighted by atomic mass is 32.2. The molecule has 2 aliphatic carbocycles. The summed E-state index contributed by atoms with van der Waals surface area (Å²) in [6, 6.07) is 0. The van der Waals surface area contributed by atoms with E-state index in [1.54, 1.807) is 4.31 Å². The molecule has 3 atom stereocenters. The second-order valence-corrected chi connectivity index (χ2v) is 10.1. The first-order chi connectivity index (χ1) is 10.7. The summed E-state index contributed by atoms with van der Waals surface area (Å²) in [5.74, 6) is 0.793. The number of sulfonamides is 1. The minimum atomic E-state index is -3.43. The fourth-order valence-corrected chi connectivity index (χ4v) is 7.28. The number of rotatable bonds is 6. The molecule has 5 nitrogen and oxygen atoms in total. The number of carbonyl (C=O) groups excluding carboxylic acids is 1. The van der Waals surface area contributed by atoms with Gasteiger partial charge in [-0.05, 0) is 36.5 Å². The molecular formula is C17H29NO4S. The van der Waals surface area contributed by atoms with Crippen LogP contribution in [-0.2, 0) is 19.6 Å². The van der Waals surface area contributed by atoms with Gasteiger partial charge in [0.05, 0.1) is 12.4 Å². The zero-order valence-electron chi connectivity index (χ0n) is 14.5. The highest BCUT2D eigenvalue weighted by Gasteiger charge is 2.65. The van der Waals surface area contributed by atoms with Crippen LogP contribution in [0.15, 0.2) is 0 Å². The molecule has 132 valence electrons. The van der Waals surface area contributed by atoms with Gasteiger partial charge in [-0.1, -0.05) is 20.8 Å². The van der Waals surface area contributed by atoms with Crippen LogP contribution in [0.1, 0.15) is 46.5 Å². The smallest absolute Gasteiger partial charge is 0.215 e. The van der Waals surface area contributed by atoms with Crippen LogP contribution in [0.5, 0.6) is 0 Å². The molecule has 3 unspecified atom stereocenters. The maximum Gasteiger partial charge on any atom is 0.215 e. The molecule has 6 heteroatoms. The van der Waals surface area contributed by atoms with Gasteiger partial charge in [0.15, 0.2) is 0 Å². The second kappa shape index (κ2) is 5.81. The van der Waals surface area contributed by atoms with E-state index in [-0.39, 0.29) is 22.9 Å². The van der Waals surface area contributed by atoms with E-state index in [2.05, 4.69) is 13.8 Å². The second-order valence-electron chi connectivity index (χ2n) is 8.10. The molecule has 3 aliphatic rings. The lowest BCUT2D eigenvalue weighted by Crippen LogP contribution is -2.47. The quantitative estimate of drug-likeness (QED) is 0.741. The molecule has 1 heterocycles. The van der Waals surface area contributed by atoms with E-state index in [9.17, 15) is 13.2 Å². The molecule has 2 saturated carbocycles. The van der Waals surface area contributed by atoms with Crippen molar-refractivity contribution in [2.24, 2.45) is 22.7 Å². The Morgan fingerprint density at radius 1 is 1.30 bits per heavy atom. The van der Waals surface area contributed by atoms with Gasteiger partial charge in [0.2, 0.25) is 10.0 Å². The van der Waals surface area contributed by atoms with Gasteiger partial charge in [-0.15, -0.1) is 0 Å². The van der Waals surface area contributed by atoms with Crippen LogP contribution in [0.3, 0.4) is 0 Å². The number of hydrogen-bond donors (Lipinski definition) is 0. The van der Waals surface area contributed by atoms with Crippen LogP contribution in [0.2, 0.25) is 0 Å². The van der Waals surface area contributed by atoms with Crippen molar-refractivity contribution in [1.82, 2.24) is 4.31 Å². The van der Waals surface area contributed by atoms with Crippen molar-refractivity contribution in [3.05, 3.63) is 0 Å². The average molecular weight is 343 g/mol. The van der Waals surface area contributed by atoms with Gasteiger partial charge in [0.25, 0.3) is 0 Å². The Morgan fingerprint density at radius 3 is 2.52 bits per heavy atom. The molecule has 0 aromatic carbocycles. The number of carbonyl (C=O) groups is 1. The van der Waals surface area contributed by atoms with Gasteiger partial charge in [0.1, 0.15) is 5.78 Å². The molecule has 2 bridgehead atoms. The first-order valence-electron chi connectivity index (χ1n) is 8.82. The standard InChI is InChI=1S/C17H29NO4S/c1-4-18(10-13-6-8-22-11-13)23(20,21)12-17-7-5-14(9-15(17)19)16(17,2)3/h13-14H,4-12H2,1-3H3. The summed E-state index contributed by atoms with van der Waals surface area (Å²) in [5.41, 5.74) is -0.872. The largest absolute Gasteiger partial charge is 0.381 e. The first kappa shape index (κ1) is 17.4. The zero-order valence-corrected chi connectivity index (χ0v) is 15.3. The van der Waals surface area contributed by atoms with Crippen molar-refractivity contribution in [2.45, 2.75) is 46.5 Å². The third kappa shape index (κ3) is 2.67. The molecule has 0 N–H and O–H groups in total. The average Bonchev–Trinajstić information content (AvgIpc) is 3.10. The summed E-state index contributed by atoms with van der Waals surface area (Å²) in [6.45, 7) is 8.41. The van der Waals surface area contributed by atoms with Crippen LogP contribution in [-0.4, -0.2) is 50.6 Å². The third-order valence-corrected chi connectivity index (χ3v) is 8.85. The molecule has 1 saturated heterocycles. The normalized spacial score (nSPS) is 36.3. The van der Waals surface area contributed by atoms with Crippen molar-refractivity contribution >= 4 is 15.8 Å². The van der Waals surface area contributed by atoms with Gasteiger partial charge in [0, 0.05) is 31.5 Å². The summed E-state index contributed by atoms with van der Waals surface area (Å²) < 4.78 is 33.1. The fourth-order valence-electron chi connectivity index (χ4n) is 4.97. The van der Waals surface area contributed by atoms with Crippen molar-refractivity contribution in [2.75, 3.05) is 32.1 Å². The number of ketones is 1. The Balaban J connectivity index is 1.80. The molecular weight excluding hydrogens is 314 g/mol. The van der Waals surface area contributed by atoms with Gasteiger partial charge >= 0.3 is 0 Å².